The van der Waals surface area contributed by atoms with Crippen molar-refractivity contribution in [2.24, 2.45) is 0 Å². The van der Waals surface area contributed by atoms with Gasteiger partial charge in [-0.2, -0.15) is 0 Å². The van der Waals surface area contributed by atoms with Crippen molar-refractivity contribution in [1.29, 1.82) is 0 Å². The van der Waals surface area contributed by atoms with Gasteiger partial charge in [0, 0.05) is 5.02 Å². The molecule has 0 saturated heterocycles. The van der Waals surface area contributed by atoms with E-state index in [0.717, 1.165) is 17.5 Å². The van der Waals surface area contributed by atoms with Gasteiger partial charge in [-0.05, 0) is 35.1 Å². The van der Waals surface area contributed by atoms with Crippen LogP contribution >= 0.6 is 23.2 Å². The van der Waals surface area contributed by atoms with Gasteiger partial charge in [-0.25, -0.2) is 0 Å². The Hall–Kier alpha value is -0.980. The molecule has 0 aliphatic carbocycles. The minimum Gasteiger partial charge on any atom is -0.113 e. The van der Waals surface area contributed by atoms with E-state index in [1.165, 1.54) is 5.56 Å². The zero-order valence-electron chi connectivity index (χ0n) is 11.2. The van der Waals surface area contributed by atoms with Crippen molar-refractivity contribution >= 4 is 23.2 Å². The van der Waals surface area contributed by atoms with Crippen LogP contribution in [0.3, 0.4) is 0 Å². The molecule has 0 bridgehead atoms. The molecule has 2 aromatic rings. The molecule has 0 nitrogen and oxygen atoms in total. The molecule has 2 atom stereocenters. The highest BCUT2D eigenvalue weighted by Crippen LogP contribution is 2.34. The normalized spacial score (nSPS) is 14.1. The summed E-state index contributed by atoms with van der Waals surface area (Å²) in [5.74, 6) is 0.586. The lowest BCUT2D eigenvalue weighted by atomic mass is 9.96. The van der Waals surface area contributed by atoms with E-state index in [1.807, 2.05) is 24.3 Å². The molecule has 0 amide bonds. The molecule has 2 aromatic carbocycles. The lowest BCUT2D eigenvalue weighted by molar-refractivity contribution is 0.733. The summed E-state index contributed by atoms with van der Waals surface area (Å²) in [5.41, 5.74) is 3.40. The van der Waals surface area contributed by atoms with Crippen molar-refractivity contribution in [3.63, 3.8) is 0 Å². The Balaban J connectivity index is 2.25. The van der Waals surface area contributed by atoms with Gasteiger partial charge in [0.1, 0.15) is 0 Å². The lowest BCUT2D eigenvalue weighted by Gasteiger charge is -2.14. The average molecular weight is 293 g/mol. The number of alkyl halides is 1. The highest BCUT2D eigenvalue weighted by atomic mass is 35.5. The number of benzene rings is 2. The third kappa shape index (κ3) is 3.32. The molecule has 0 radical (unpaired) electrons. The molecule has 0 aliphatic rings. The minimum atomic E-state index is -0.195. The van der Waals surface area contributed by atoms with E-state index in [9.17, 15) is 0 Å². The van der Waals surface area contributed by atoms with E-state index in [4.69, 9.17) is 23.2 Å². The third-order valence-corrected chi connectivity index (χ3v) is 4.42. The Morgan fingerprint density at radius 3 is 2.11 bits per heavy atom. The van der Waals surface area contributed by atoms with Crippen LogP contribution in [-0.4, -0.2) is 0 Å². The molecule has 0 aliphatic heterocycles. The average Bonchev–Trinajstić information content (AvgIpc) is 2.46. The summed E-state index contributed by atoms with van der Waals surface area (Å²) in [4.78, 5) is 0. The standard InChI is InChI=1S/C17H18Cl2/c1-3-12(2)13-8-10-14(11-9-13)17(19)15-6-4-5-7-16(15)18/h4-12,17H,3H2,1-2H3. The molecule has 0 aromatic heterocycles. The van der Waals surface area contributed by atoms with Crippen LogP contribution in [0, 0.1) is 0 Å². The zero-order chi connectivity index (χ0) is 13.8. The highest BCUT2D eigenvalue weighted by molar-refractivity contribution is 6.33. The van der Waals surface area contributed by atoms with E-state index in [2.05, 4.69) is 38.1 Å². The molecule has 100 valence electrons. The fraction of sp³-hybridized carbons (Fsp3) is 0.294. The number of rotatable bonds is 4. The Morgan fingerprint density at radius 1 is 0.947 bits per heavy atom. The highest BCUT2D eigenvalue weighted by Gasteiger charge is 2.14. The van der Waals surface area contributed by atoms with Crippen LogP contribution in [0.4, 0.5) is 0 Å². The topological polar surface area (TPSA) is 0 Å². The first-order valence-corrected chi connectivity index (χ1v) is 7.43. The predicted octanol–water partition coefficient (Wildman–Crippen LogP) is 6.18. The Morgan fingerprint density at radius 2 is 1.53 bits per heavy atom. The molecule has 19 heavy (non-hydrogen) atoms. The zero-order valence-corrected chi connectivity index (χ0v) is 12.7. The smallest absolute Gasteiger partial charge is 0.0849 e. The summed E-state index contributed by atoms with van der Waals surface area (Å²) in [6.07, 6.45) is 1.15. The molecule has 0 fully saturated rings. The van der Waals surface area contributed by atoms with Gasteiger partial charge in [0.25, 0.3) is 0 Å². The van der Waals surface area contributed by atoms with Crippen LogP contribution in [0.5, 0.6) is 0 Å². The van der Waals surface area contributed by atoms with Crippen LogP contribution in [0.25, 0.3) is 0 Å². The summed E-state index contributed by atoms with van der Waals surface area (Å²) in [5, 5.41) is 0.521. The lowest BCUT2D eigenvalue weighted by Crippen LogP contribution is -1.96. The van der Waals surface area contributed by atoms with Gasteiger partial charge in [0.2, 0.25) is 0 Å². The monoisotopic (exact) mass is 292 g/mol. The van der Waals surface area contributed by atoms with Crippen molar-refractivity contribution < 1.29 is 0 Å². The quantitative estimate of drug-likeness (QED) is 0.590. The van der Waals surface area contributed by atoms with Gasteiger partial charge in [-0.15, -0.1) is 11.6 Å². The largest absolute Gasteiger partial charge is 0.113 e. The molecular formula is C17H18Cl2. The van der Waals surface area contributed by atoms with Crippen LogP contribution < -0.4 is 0 Å². The second-order valence-electron chi connectivity index (χ2n) is 4.86. The fourth-order valence-electron chi connectivity index (χ4n) is 2.09. The molecular weight excluding hydrogens is 275 g/mol. The molecule has 0 heterocycles. The van der Waals surface area contributed by atoms with Crippen molar-refractivity contribution in [3.05, 3.63) is 70.2 Å². The second-order valence-corrected chi connectivity index (χ2v) is 5.70. The van der Waals surface area contributed by atoms with Crippen molar-refractivity contribution in [3.8, 4) is 0 Å². The van der Waals surface area contributed by atoms with E-state index in [0.29, 0.717) is 10.9 Å². The SMILES string of the molecule is CCC(C)c1ccc(C(Cl)c2ccccc2Cl)cc1. The van der Waals surface area contributed by atoms with Gasteiger partial charge in [-0.1, -0.05) is 67.9 Å². The minimum absolute atomic E-state index is 0.195. The predicted molar refractivity (Wildman–Crippen MR) is 84.3 cm³/mol. The van der Waals surface area contributed by atoms with E-state index >= 15 is 0 Å². The van der Waals surface area contributed by atoms with Crippen molar-refractivity contribution in [1.82, 2.24) is 0 Å². The number of halogens is 2. The first kappa shape index (κ1) is 14.4. The third-order valence-electron chi connectivity index (χ3n) is 3.59. The summed E-state index contributed by atoms with van der Waals surface area (Å²) in [6.45, 7) is 4.44. The number of hydrogen-bond acceptors (Lipinski definition) is 0. The van der Waals surface area contributed by atoms with Crippen LogP contribution in [0.1, 0.15) is 48.3 Å². The first-order chi connectivity index (χ1) is 9.13. The maximum Gasteiger partial charge on any atom is 0.0849 e. The molecule has 2 heteroatoms. The summed E-state index contributed by atoms with van der Waals surface area (Å²) in [7, 11) is 0. The Bertz CT molecular complexity index is 531. The molecule has 0 spiro atoms. The van der Waals surface area contributed by atoms with E-state index in [1.54, 1.807) is 0 Å². The summed E-state index contributed by atoms with van der Waals surface area (Å²) < 4.78 is 0. The summed E-state index contributed by atoms with van der Waals surface area (Å²) in [6, 6.07) is 16.3. The fourth-order valence-corrected chi connectivity index (χ4v) is 2.73. The van der Waals surface area contributed by atoms with Crippen molar-refractivity contribution in [2.45, 2.75) is 31.6 Å². The Labute approximate surface area is 125 Å². The van der Waals surface area contributed by atoms with Crippen LogP contribution in [0.15, 0.2) is 48.5 Å². The van der Waals surface area contributed by atoms with Crippen LogP contribution in [0.2, 0.25) is 5.02 Å². The molecule has 2 unspecified atom stereocenters. The molecule has 0 saturated carbocycles. The number of hydrogen-bond donors (Lipinski definition) is 0. The Kier molecular flexibility index (Phi) is 4.90. The van der Waals surface area contributed by atoms with Crippen molar-refractivity contribution in [2.75, 3.05) is 0 Å². The van der Waals surface area contributed by atoms with E-state index < -0.39 is 0 Å². The van der Waals surface area contributed by atoms with Gasteiger partial charge in [0.05, 0.1) is 5.38 Å². The first-order valence-electron chi connectivity index (χ1n) is 6.61. The van der Waals surface area contributed by atoms with E-state index in [-0.39, 0.29) is 5.38 Å². The van der Waals surface area contributed by atoms with Crippen LogP contribution in [-0.2, 0) is 0 Å². The molecule has 2 rings (SSSR count). The molecule has 0 N–H and O–H groups in total. The van der Waals surface area contributed by atoms with Gasteiger partial charge < -0.3 is 0 Å². The second kappa shape index (κ2) is 6.45. The maximum absolute atomic E-state index is 6.52. The van der Waals surface area contributed by atoms with Gasteiger partial charge in [-0.3, -0.25) is 0 Å². The van der Waals surface area contributed by atoms with Gasteiger partial charge in [0.15, 0.2) is 0 Å². The summed E-state index contributed by atoms with van der Waals surface area (Å²) >= 11 is 12.7. The maximum atomic E-state index is 6.52. The van der Waals surface area contributed by atoms with Gasteiger partial charge >= 0.3 is 0 Å².